The Morgan fingerprint density at radius 2 is 2.33 bits per heavy atom. The lowest BCUT2D eigenvalue weighted by Gasteiger charge is -1.96. The lowest BCUT2D eigenvalue weighted by atomic mass is 10.2. The molecule has 1 aromatic rings. The number of carboxylic acid groups (broad SMARTS) is 1. The zero-order chi connectivity index (χ0) is 11.3. The van der Waals surface area contributed by atoms with Crippen LogP contribution in [-0.4, -0.2) is 24.2 Å². The predicted octanol–water partition coefficient (Wildman–Crippen LogP) is 2.02. The van der Waals surface area contributed by atoms with Crippen LogP contribution in [0.25, 0.3) is 6.08 Å². The molecule has 80 valence electrons. The number of ether oxygens (including phenoxy) is 1. The van der Waals surface area contributed by atoms with E-state index >= 15 is 0 Å². The first kappa shape index (κ1) is 11.5. The van der Waals surface area contributed by atoms with Crippen LogP contribution in [0.1, 0.15) is 21.7 Å². The van der Waals surface area contributed by atoms with Gasteiger partial charge in [0.2, 0.25) is 0 Å². The molecule has 0 spiro atoms. The highest BCUT2D eigenvalue weighted by atomic mass is 32.1. The largest absolute Gasteiger partial charge is 0.481 e. The molecule has 0 unspecified atom stereocenters. The van der Waals surface area contributed by atoms with Crippen molar-refractivity contribution in [1.29, 1.82) is 0 Å². The van der Waals surface area contributed by atoms with Gasteiger partial charge in [0.05, 0.1) is 13.5 Å². The normalized spacial score (nSPS) is 10.5. The number of carbonyl (C=O) groups excluding carboxylic acids is 1. The van der Waals surface area contributed by atoms with E-state index in [9.17, 15) is 9.59 Å². The van der Waals surface area contributed by atoms with Crippen LogP contribution in [0, 0.1) is 0 Å². The molecule has 0 atom stereocenters. The number of thiophene rings is 1. The number of esters is 1. The summed E-state index contributed by atoms with van der Waals surface area (Å²) in [6, 6.07) is 1.75. The molecule has 0 amide bonds. The van der Waals surface area contributed by atoms with Crippen molar-refractivity contribution >= 4 is 29.4 Å². The highest BCUT2D eigenvalue weighted by molar-refractivity contribution is 7.12. The van der Waals surface area contributed by atoms with Gasteiger partial charge >= 0.3 is 11.9 Å². The Morgan fingerprint density at radius 1 is 1.60 bits per heavy atom. The van der Waals surface area contributed by atoms with E-state index < -0.39 is 11.9 Å². The molecule has 1 N–H and O–H groups in total. The summed E-state index contributed by atoms with van der Waals surface area (Å²) in [5, 5.41) is 10.2. The Bertz CT molecular complexity index is 392. The molecule has 0 aromatic carbocycles. The van der Waals surface area contributed by atoms with Crippen LogP contribution in [0.3, 0.4) is 0 Å². The minimum absolute atomic E-state index is 0.0591. The zero-order valence-corrected chi connectivity index (χ0v) is 8.91. The summed E-state index contributed by atoms with van der Waals surface area (Å²) < 4.78 is 4.58. The molecule has 0 aliphatic carbocycles. The lowest BCUT2D eigenvalue weighted by molar-refractivity contribution is -0.135. The lowest BCUT2D eigenvalue weighted by Crippen LogP contribution is -1.99. The fourth-order valence-electron chi connectivity index (χ4n) is 0.996. The molecule has 0 bridgehead atoms. The van der Waals surface area contributed by atoms with E-state index in [-0.39, 0.29) is 6.42 Å². The second-order valence-electron chi connectivity index (χ2n) is 2.70. The molecule has 0 aliphatic heterocycles. The fourth-order valence-corrected chi connectivity index (χ4v) is 1.80. The van der Waals surface area contributed by atoms with E-state index in [0.717, 1.165) is 0 Å². The second kappa shape index (κ2) is 5.31. The molecule has 0 aliphatic rings. The first-order valence-corrected chi connectivity index (χ1v) is 5.07. The van der Waals surface area contributed by atoms with Crippen molar-refractivity contribution in [1.82, 2.24) is 0 Å². The summed E-state index contributed by atoms with van der Waals surface area (Å²) in [5.41, 5.74) is 0.688. The van der Waals surface area contributed by atoms with Gasteiger partial charge in [-0.25, -0.2) is 4.79 Å². The number of carboxylic acids is 1. The number of rotatable bonds is 4. The van der Waals surface area contributed by atoms with Crippen LogP contribution in [0.2, 0.25) is 0 Å². The third kappa shape index (κ3) is 3.21. The van der Waals surface area contributed by atoms with Crippen molar-refractivity contribution in [3.8, 4) is 0 Å². The highest BCUT2D eigenvalue weighted by Crippen LogP contribution is 2.19. The van der Waals surface area contributed by atoms with Gasteiger partial charge in [-0.1, -0.05) is 12.2 Å². The number of hydrogen-bond donors (Lipinski definition) is 1. The Balaban J connectivity index is 2.77. The molecule has 1 rings (SSSR count). The van der Waals surface area contributed by atoms with Gasteiger partial charge in [-0.3, -0.25) is 4.79 Å². The number of methoxy groups -OCH3 is 1. The third-order valence-electron chi connectivity index (χ3n) is 1.66. The van der Waals surface area contributed by atoms with Crippen LogP contribution in [0.5, 0.6) is 0 Å². The highest BCUT2D eigenvalue weighted by Gasteiger charge is 2.10. The SMILES string of the molecule is COC(=O)c1sccc1C=CCC(=O)O. The predicted molar refractivity (Wildman–Crippen MR) is 56.9 cm³/mol. The molecule has 15 heavy (non-hydrogen) atoms. The van der Waals surface area contributed by atoms with Gasteiger partial charge in [0.15, 0.2) is 0 Å². The molecule has 0 fully saturated rings. The molecule has 1 heterocycles. The van der Waals surface area contributed by atoms with E-state index in [1.165, 1.54) is 24.5 Å². The standard InChI is InChI=1S/C10H10O4S/c1-14-10(13)9-7(5-6-15-9)3-2-4-8(11)12/h2-3,5-6H,4H2,1H3,(H,11,12). The minimum Gasteiger partial charge on any atom is -0.481 e. The maximum atomic E-state index is 11.2. The maximum absolute atomic E-state index is 11.2. The monoisotopic (exact) mass is 226 g/mol. The van der Waals surface area contributed by atoms with E-state index in [2.05, 4.69) is 4.74 Å². The van der Waals surface area contributed by atoms with Gasteiger partial charge in [-0.15, -0.1) is 11.3 Å². The molecular formula is C10H10O4S. The minimum atomic E-state index is -0.902. The summed E-state index contributed by atoms with van der Waals surface area (Å²) >= 11 is 1.27. The Labute approximate surface area is 90.8 Å². The van der Waals surface area contributed by atoms with E-state index in [4.69, 9.17) is 5.11 Å². The van der Waals surface area contributed by atoms with Gasteiger partial charge < -0.3 is 9.84 Å². The second-order valence-corrected chi connectivity index (χ2v) is 3.61. The van der Waals surface area contributed by atoms with Crippen molar-refractivity contribution in [2.24, 2.45) is 0 Å². The quantitative estimate of drug-likeness (QED) is 0.798. The van der Waals surface area contributed by atoms with Gasteiger partial charge in [-0.05, 0) is 17.0 Å². The molecule has 0 saturated carbocycles. The summed E-state index contributed by atoms with van der Waals surface area (Å²) in [4.78, 5) is 22.0. The van der Waals surface area contributed by atoms with Gasteiger partial charge in [-0.2, -0.15) is 0 Å². The number of carbonyl (C=O) groups is 2. The Hall–Kier alpha value is -1.62. The topological polar surface area (TPSA) is 63.6 Å². The van der Waals surface area contributed by atoms with Crippen molar-refractivity contribution < 1.29 is 19.4 Å². The summed E-state index contributed by atoms with van der Waals surface area (Å²) in [6.07, 6.45) is 3.05. The summed E-state index contributed by atoms with van der Waals surface area (Å²) in [6.45, 7) is 0. The van der Waals surface area contributed by atoms with Crippen LogP contribution in [0.15, 0.2) is 17.5 Å². The van der Waals surface area contributed by atoms with Crippen molar-refractivity contribution in [2.75, 3.05) is 7.11 Å². The number of hydrogen-bond acceptors (Lipinski definition) is 4. The molecule has 0 radical (unpaired) electrons. The van der Waals surface area contributed by atoms with Gasteiger partial charge in [0, 0.05) is 0 Å². The molecule has 0 saturated heterocycles. The molecular weight excluding hydrogens is 216 g/mol. The van der Waals surface area contributed by atoms with Crippen LogP contribution in [-0.2, 0) is 9.53 Å². The molecule has 1 aromatic heterocycles. The van der Waals surface area contributed by atoms with Crippen molar-refractivity contribution in [3.63, 3.8) is 0 Å². The summed E-state index contributed by atoms with van der Waals surface area (Å²) in [7, 11) is 1.31. The van der Waals surface area contributed by atoms with E-state index in [0.29, 0.717) is 10.4 Å². The Morgan fingerprint density at radius 3 is 2.93 bits per heavy atom. The van der Waals surface area contributed by atoms with Crippen LogP contribution < -0.4 is 0 Å². The fraction of sp³-hybridized carbons (Fsp3) is 0.200. The smallest absolute Gasteiger partial charge is 0.348 e. The third-order valence-corrected chi connectivity index (χ3v) is 2.57. The Kier molecular flexibility index (Phi) is 4.05. The van der Waals surface area contributed by atoms with Crippen molar-refractivity contribution in [2.45, 2.75) is 6.42 Å². The van der Waals surface area contributed by atoms with Crippen molar-refractivity contribution in [3.05, 3.63) is 28.0 Å². The zero-order valence-electron chi connectivity index (χ0n) is 8.10. The van der Waals surface area contributed by atoms with E-state index in [1.807, 2.05) is 0 Å². The molecule has 4 nitrogen and oxygen atoms in total. The van der Waals surface area contributed by atoms with Gasteiger partial charge in [0.25, 0.3) is 0 Å². The van der Waals surface area contributed by atoms with Gasteiger partial charge in [0.1, 0.15) is 4.88 Å². The average Bonchev–Trinajstić information content (AvgIpc) is 2.64. The summed E-state index contributed by atoms with van der Waals surface area (Å²) in [5.74, 6) is -1.30. The number of aliphatic carboxylic acids is 1. The molecule has 5 heteroatoms. The first-order valence-electron chi connectivity index (χ1n) is 4.19. The first-order chi connectivity index (χ1) is 7.15. The van der Waals surface area contributed by atoms with Crippen LogP contribution >= 0.6 is 11.3 Å². The van der Waals surface area contributed by atoms with E-state index in [1.54, 1.807) is 17.5 Å². The van der Waals surface area contributed by atoms with Crippen LogP contribution in [0.4, 0.5) is 0 Å². The average molecular weight is 226 g/mol. The maximum Gasteiger partial charge on any atom is 0.348 e.